The van der Waals surface area contributed by atoms with Gasteiger partial charge in [0.05, 0.1) is 12.5 Å². The minimum Gasteiger partial charge on any atom is -0.390 e. The zero-order chi connectivity index (χ0) is 12.1. The van der Waals surface area contributed by atoms with E-state index in [9.17, 15) is 18.3 Å². The number of nitrogens with zero attached hydrogens (tertiary/aromatic N) is 1. The summed E-state index contributed by atoms with van der Waals surface area (Å²) >= 11 is 0. The molecule has 0 aromatic carbocycles. The van der Waals surface area contributed by atoms with Gasteiger partial charge in [-0.2, -0.15) is 13.2 Å². The van der Waals surface area contributed by atoms with Crippen LogP contribution in [0.15, 0.2) is 0 Å². The first-order chi connectivity index (χ1) is 6.70. The van der Waals surface area contributed by atoms with Crippen molar-refractivity contribution in [3.8, 4) is 0 Å². The average Bonchev–Trinajstić information content (AvgIpc) is 1.96. The first-order valence-corrected chi connectivity index (χ1v) is 4.83. The Morgan fingerprint density at radius 2 is 1.87 bits per heavy atom. The van der Waals surface area contributed by atoms with Gasteiger partial charge in [0, 0.05) is 19.1 Å². The van der Waals surface area contributed by atoms with Crippen LogP contribution in [0.5, 0.6) is 0 Å². The Morgan fingerprint density at radius 1 is 1.33 bits per heavy atom. The summed E-state index contributed by atoms with van der Waals surface area (Å²) in [5, 5.41) is 12.0. The van der Waals surface area contributed by atoms with Crippen LogP contribution in [-0.4, -0.2) is 55.5 Å². The van der Waals surface area contributed by atoms with E-state index in [0.717, 1.165) is 0 Å². The summed E-state index contributed by atoms with van der Waals surface area (Å²) in [6.07, 6.45) is -5.67. The van der Waals surface area contributed by atoms with E-state index in [1.165, 1.54) is 6.92 Å². The number of hydrogen-bond donors (Lipinski definition) is 2. The van der Waals surface area contributed by atoms with E-state index >= 15 is 0 Å². The van der Waals surface area contributed by atoms with Gasteiger partial charge in [0.15, 0.2) is 0 Å². The molecule has 0 aliphatic heterocycles. The molecule has 0 aliphatic rings. The topological polar surface area (TPSA) is 35.5 Å². The molecule has 92 valence electrons. The Kier molecular flexibility index (Phi) is 6.16. The van der Waals surface area contributed by atoms with Gasteiger partial charge in [0.25, 0.3) is 0 Å². The van der Waals surface area contributed by atoms with Crippen LogP contribution in [-0.2, 0) is 0 Å². The highest BCUT2D eigenvalue weighted by molar-refractivity contribution is 4.69. The van der Waals surface area contributed by atoms with Crippen molar-refractivity contribution in [2.75, 3.05) is 27.2 Å². The van der Waals surface area contributed by atoms with E-state index < -0.39 is 24.7 Å². The quantitative estimate of drug-likeness (QED) is 0.707. The SMILES string of the molecule is CC(CC(F)(F)F)NCC(O)CN(C)C. The van der Waals surface area contributed by atoms with Gasteiger partial charge >= 0.3 is 6.18 Å². The van der Waals surface area contributed by atoms with Crippen molar-refractivity contribution in [1.82, 2.24) is 10.2 Å². The van der Waals surface area contributed by atoms with E-state index in [1.54, 1.807) is 19.0 Å². The molecule has 6 heteroatoms. The van der Waals surface area contributed by atoms with E-state index in [-0.39, 0.29) is 6.54 Å². The Labute approximate surface area is 88.3 Å². The molecule has 0 saturated heterocycles. The van der Waals surface area contributed by atoms with E-state index in [1.807, 2.05) is 0 Å². The molecule has 0 rings (SSSR count). The van der Waals surface area contributed by atoms with Gasteiger partial charge in [-0.05, 0) is 21.0 Å². The predicted octanol–water partition coefficient (Wildman–Crippen LogP) is 0.839. The predicted molar refractivity (Wildman–Crippen MR) is 52.7 cm³/mol. The molecule has 0 radical (unpaired) electrons. The van der Waals surface area contributed by atoms with Gasteiger partial charge in [-0.15, -0.1) is 0 Å². The average molecular weight is 228 g/mol. The van der Waals surface area contributed by atoms with Crippen LogP contribution < -0.4 is 5.32 Å². The first kappa shape index (κ1) is 14.7. The third-order valence-electron chi connectivity index (χ3n) is 1.82. The van der Waals surface area contributed by atoms with Crippen LogP contribution in [0, 0.1) is 0 Å². The number of hydrogen-bond acceptors (Lipinski definition) is 3. The van der Waals surface area contributed by atoms with E-state index in [0.29, 0.717) is 6.54 Å². The van der Waals surface area contributed by atoms with Gasteiger partial charge < -0.3 is 15.3 Å². The molecule has 0 amide bonds. The van der Waals surface area contributed by atoms with E-state index in [2.05, 4.69) is 5.32 Å². The molecule has 2 unspecified atom stereocenters. The zero-order valence-electron chi connectivity index (χ0n) is 9.30. The molecule has 0 bridgehead atoms. The lowest BCUT2D eigenvalue weighted by molar-refractivity contribution is -0.139. The summed E-state index contributed by atoms with van der Waals surface area (Å²) in [6, 6.07) is -0.665. The molecule has 0 heterocycles. The van der Waals surface area contributed by atoms with Crippen molar-refractivity contribution in [3.05, 3.63) is 0 Å². The van der Waals surface area contributed by atoms with Crippen LogP contribution in [0.1, 0.15) is 13.3 Å². The van der Waals surface area contributed by atoms with Gasteiger partial charge in [0.1, 0.15) is 0 Å². The summed E-state index contributed by atoms with van der Waals surface area (Å²) in [5.74, 6) is 0. The standard InChI is InChI=1S/C9H19F3N2O/c1-7(4-9(10,11)12)13-5-8(15)6-14(2)3/h7-8,13,15H,4-6H2,1-3H3. The molecule has 0 spiro atoms. The molecule has 0 aromatic rings. The second-order valence-corrected chi connectivity index (χ2v) is 4.04. The lowest BCUT2D eigenvalue weighted by Crippen LogP contribution is -2.40. The Hall–Kier alpha value is -0.330. The van der Waals surface area contributed by atoms with Crippen LogP contribution in [0.25, 0.3) is 0 Å². The molecular weight excluding hydrogens is 209 g/mol. The van der Waals surface area contributed by atoms with Crippen LogP contribution >= 0.6 is 0 Å². The monoisotopic (exact) mass is 228 g/mol. The molecule has 0 fully saturated rings. The van der Waals surface area contributed by atoms with E-state index in [4.69, 9.17) is 0 Å². The maximum atomic E-state index is 11.9. The second kappa shape index (κ2) is 6.30. The largest absolute Gasteiger partial charge is 0.390 e. The number of aliphatic hydroxyl groups excluding tert-OH is 1. The number of likely N-dealkylation sites (N-methyl/N-ethyl adjacent to an activating group) is 1. The molecule has 3 nitrogen and oxygen atoms in total. The van der Waals surface area contributed by atoms with Crippen LogP contribution in [0.4, 0.5) is 13.2 Å². The minimum absolute atomic E-state index is 0.176. The Morgan fingerprint density at radius 3 is 2.27 bits per heavy atom. The number of rotatable bonds is 6. The molecule has 15 heavy (non-hydrogen) atoms. The maximum absolute atomic E-state index is 11.9. The van der Waals surface area contributed by atoms with Crippen molar-refractivity contribution in [2.45, 2.75) is 31.7 Å². The Bertz CT molecular complexity index is 173. The van der Waals surface area contributed by atoms with Crippen molar-refractivity contribution >= 4 is 0 Å². The van der Waals surface area contributed by atoms with Crippen molar-refractivity contribution in [1.29, 1.82) is 0 Å². The second-order valence-electron chi connectivity index (χ2n) is 4.04. The number of aliphatic hydroxyl groups is 1. The van der Waals surface area contributed by atoms with Crippen LogP contribution in [0.3, 0.4) is 0 Å². The zero-order valence-corrected chi connectivity index (χ0v) is 9.30. The lowest BCUT2D eigenvalue weighted by Gasteiger charge is -2.20. The van der Waals surface area contributed by atoms with Gasteiger partial charge in [-0.3, -0.25) is 0 Å². The fourth-order valence-corrected chi connectivity index (χ4v) is 1.24. The normalized spacial score (nSPS) is 16.8. The molecule has 2 atom stereocenters. The fourth-order valence-electron chi connectivity index (χ4n) is 1.24. The molecule has 2 N–H and O–H groups in total. The summed E-state index contributed by atoms with van der Waals surface area (Å²) in [6.45, 7) is 2.07. The fraction of sp³-hybridized carbons (Fsp3) is 1.00. The summed E-state index contributed by atoms with van der Waals surface area (Å²) in [5.41, 5.74) is 0. The molecular formula is C9H19F3N2O. The highest BCUT2D eigenvalue weighted by atomic mass is 19.4. The number of halogens is 3. The summed E-state index contributed by atoms with van der Waals surface area (Å²) < 4.78 is 35.8. The number of alkyl halides is 3. The Balaban J connectivity index is 3.66. The van der Waals surface area contributed by atoms with Gasteiger partial charge in [-0.25, -0.2) is 0 Å². The third-order valence-corrected chi connectivity index (χ3v) is 1.82. The van der Waals surface area contributed by atoms with Crippen molar-refractivity contribution < 1.29 is 18.3 Å². The third kappa shape index (κ3) is 9.96. The first-order valence-electron chi connectivity index (χ1n) is 4.83. The highest BCUT2D eigenvalue weighted by Crippen LogP contribution is 2.21. The van der Waals surface area contributed by atoms with Gasteiger partial charge in [-0.1, -0.05) is 0 Å². The van der Waals surface area contributed by atoms with Crippen LogP contribution in [0.2, 0.25) is 0 Å². The van der Waals surface area contributed by atoms with Crippen molar-refractivity contribution in [2.24, 2.45) is 0 Å². The number of nitrogens with one attached hydrogen (secondary N) is 1. The minimum atomic E-state index is -4.15. The summed E-state index contributed by atoms with van der Waals surface area (Å²) in [4.78, 5) is 1.78. The van der Waals surface area contributed by atoms with Crippen molar-refractivity contribution in [3.63, 3.8) is 0 Å². The smallest absolute Gasteiger partial charge is 0.390 e. The summed E-state index contributed by atoms with van der Waals surface area (Å²) in [7, 11) is 3.59. The maximum Gasteiger partial charge on any atom is 0.390 e. The molecule has 0 saturated carbocycles. The molecule has 0 aromatic heterocycles. The highest BCUT2D eigenvalue weighted by Gasteiger charge is 2.29. The van der Waals surface area contributed by atoms with Gasteiger partial charge in [0.2, 0.25) is 0 Å². The lowest BCUT2D eigenvalue weighted by atomic mass is 10.2. The molecule has 0 aliphatic carbocycles.